The highest BCUT2D eigenvalue weighted by Gasteiger charge is 2.22. The minimum absolute atomic E-state index is 0.543. The van der Waals surface area contributed by atoms with E-state index in [0.717, 1.165) is 13.0 Å². The summed E-state index contributed by atoms with van der Waals surface area (Å²) in [5, 5.41) is 0. The van der Waals surface area contributed by atoms with Gasteiger partial charge in [-0.05, 0) is 24.9 Å². The lowest BCUT2D eigenvalue weighted by Crippen LogP contribution is -2.40. The van der Waals surface area contributed by atoms with Crippen LogP contribution in [-0.2, 0) is 6.54 Å². The van der Waals surface area contributed by atoms with Gasteiger partial charge in [0.05, 0.1) is 4.99 Å². The molecule has 17 heavy (non-hydrogen) atoms. The topological polar surface area (TPSA) is 29.3 Å². The molecule has 92 valence electrons. The van der Waals surface area contributed by atoms with Crippen molar-refractivity contribution in [2.75, 3.05) is 6.54 Å². The average molecular weight is 248 g/mol. The maximum absolute atomic E-state index is 5.68. The molecule has 3 heteroatoms. The summed E-state index contributed by atoms with van der Waals surface area (Å²) in [4.78, 5) is 3.17. The zero-order chi connectivity index (χ0) is 12.1. The normalized spacial score (nSPS) is 21.3. The van der Waals surface area contributed by atoms with E-state index in [-0.39, 0.29) is 0 Å². The number of piperidine rings is 1. The molecule has 0 aromatic heterocycles. The lowest BCUT2D eigenvalue weighted by Gasteiger charge is -2.35. The Labute approximate surface area is 109 Å². The summed E-state index contributed by atoms with van der Waals surface area (Å²) in [7, 11) is 0. The van der Waals surface area contributed by atoms with Crippen molar-refractivity contribution in [2.45, 2.75) is 38.3 Å². The minimum Gasteiger partial charge on any atom is -0.393 e. The summed E-state index contributed by atoms with van der Waals surface area (Å²) in [6, 6.07) is 11.2. The quantitative estimate of drug-likeness (QED) is 0.831. The molecule has 0 saturated carbocycles. The fourth-order valence-electron chi connectivity index (χ4n) is 2.55. The van der Waals surface area contributed by atoms with Crippen molar-refractivity contribution in [3.8, 4) is 0 Å². The first-order chi connectivity index (χ1) is 8.25. The van der Waals surface area contributed by atoms with Crippen molar-refractivity contribution in [1.82, 2.24) is 4.90 Å². The lowest BCUT2D eigenvalue weighted by molar-refractivity contribution is 0.144. The number of likely N-dealkylation sites (tertiary alicyclic amines) is 1. The monoisotopic (exact) mass is 248 g/mol. The predicted octanol–water partition coefficient (Wildman–Crippen LogP) is 2.72. The highest BCUT2D eigenvalue weighted by atomic mass is 32.1. The van der Waals surface area contributed by atoms with Crippen LogP contribution in [0.4, 0.5) is 0 Å². The van der Waals surface area contributed by atoms with Gasteiger partial charge in [-0.25, -0.2) is 0 Å². The number of benzene rings is 1. The Morgan fingerprint density at radius 1 is 1.29 bits per heavy atom. The van der Waals surface area contributed by atoms with Crippen LogP contribution in [-0.4, -0.2) is 22.5 Å². The smallest absolute Gasteiger partial charge is 0.0743 e. The molecular weight excluding hydrogens is 228 g/mol. The highest BCUT2D eigenvalue weighted by Crippen LogP contribution is 2.21. The van der Waals surface area contributed by atoms with Crippen LogP contribution < -0.4 is 5.73 Å². The van der Waals surface area contributed by atoms with E-state index in [2.05, 4.69) is 35.2 Å². The first kappa shape index (κ1) is 12.5. The van der Waals surface area contributed by atoms with E-state index < -0.39 is 0 Å². The van der Waals surface area contributed by atoms with Gasteiger partial charge in [0.1, 0.15) is 0 Å². The van der Waals surface area contributed by atoms with Crippen molar-refractivity contribution in [2.24, 2.45) is 5.73 Å². The van der Waals surface area contributed by atoms with Gasteiger partial charge in [-0.1, -0.05) is 49.0 Å². The van der Waals surface area contributed by atoms with E-state index in [1.807, 2.05) is 0 Å². The first-order valence-corrected chi connectivity index (χ1v) is 6.73. The van der Waals surface area contributed by atoms with E-state index in [4.69, 9.17) is 18.0 Å². The summed E-state index contributed by atoms with van der Waals surface area (Å²) in [6.07, 6.45) is 4.69. The molecule has 0 radical (unpaired) electrons. The molecule has 2 N–H and O–H groups in total. The van der Waals surface area contributed by atoms with Gasteiger partial charge in [0, 0.05) is 19.0 Å². The van der Waals surface area contributed by atoms with E-state index >= 15 is 0 Å². The molecule has 0 aliphatic carbocycles. The van der Waals surface area contributed by atoms with Crippen LogP contribution in [0.3, 0.4) is 0 Å². The van der Waals surface area contributed by atoms with E-state index in [9.17, 15) is 0 Å². The summed E-state index contributed by atoms with van der Waals surface area (Å²) in [5.41, 5.74) is 7.06. The van der Waals surface area contributed by atoms with E-state index in [1.165, 1.54) is 31.4 Å². The van der Waals surface area contributed by atoms with Gasteiger partial charge in [-0.15, -0.1) is 0 Å². The van der Waals surface area contributed by atoms with Crippen molar-refractivity contribution in [1.29, 1.82) is 0 Å². The fraction of sp³-hybridized carbons (Fsp3) is 0.500. The van der Waals surface area contributed by atoms with Crippen LogP contribution in [0.15, 0.2) is 30.3 Å². The van der Waals surface area contributed by atoms with Crippen LogP contribution in [0, 0.1) is 0 Å². The summed E-state index contributed by atoms with van der Waals surface area (Å²) in [5.74, 6) is 0. The average Bonchev–Trinajstić information content (AvgIpc) is 2.32. The molecule has 1 saturated heterocycles. The standard InChI is InChI=1S/C14H20N2S/c15-14(17)10-13-8-4-5-9-16(13)11-12-6-2-1-3-7-12/h1-3,6-7,13H,4-5,8-11H2,(H2,15,17). The second kappa shape index (κ2) is 6.12. The molecule has 1 aliphatic heterocycles. The van der Waals surface area contributed by atoms with Crippen molar-refractivity contribution >= 4 is 17.2 Å². The third kappa shape index (κ3) is 3.79. The van der Waals surface area contributed by atoms with Gasteiger partial charge in [-0.3, -0.25) is 4.90 Å². The number of thiocarbonyl (C=S) groups is 1. The van der Waals surface area contributed by atoms with Gasteiger partial charge in [-0.2, -0.15) is 0 Å². The molecular formula is C14H20N2S. The summed E-state index contributed by atoms with van der Waals surface area (Å²) >= 11 is 5.05. The highest BCUT2D eigenvalue weighted by molar-refractivity contribution is 7.80. The zero-order valence-corrected chi connectivity index (χ0v) is 11.0. The summed E-state index contributed by atoms with van der Waals surface area (Å²) in [6.45, 7) is 2.19. The van der Waals surface area contributed by atoms with Crippen LogP contribution in [0.1, 0.15) is 31.2 Å². The zero-order valence-electron chi connectivity index (χ0n) is 10.1. The number of nitrogens with two attached hydrogens (primary N) is 1. The van der Waals surface area contributed by atoms with E-state index in [1.54, 1.807) is 0 Å². The Hall–Kier alpha value is -0.930. The Balaban J connectivity index is 1.99. The molecule has 1 heterocycles. The molecule has 1 atom stereocenters. The van der Waals surface area contributed by atoms with Crippen LogP contribution >= 0.6 is 12.2 Å². The van der Waals surface area contributed by atoms with Crippen molar-refractivity contribution in [3.05, 3.63) is 35.9 Å². The molecule has 2 rings (SSSR count). The molecule has 0 bridgehead atoms. The second-order valence-electron chi connectivity index (χ2n) is 4.78. The Bertz CT molecular complexity index is 364. The third-order valence-corrected chi connectivity index (χ3v) is 3.58. The molecule has 1 aromatic rings. The van der Waals surface area contributed by atoms with E-state index in [0.29, 0.717) is 11.0 Å². The lowest BCUT2D eigenvalue weighted by atomic mass is 9.98. The Morgan fingerprint density at radius 2 is 2.06 bits per heavy atom. The molecule has 1 fully saturated rings. The fourth-order valence-corrected chi connectivity index (χ4v) is 2.74. The van der Waals surface area contributed by atoms with Gasteiger partial charge in [0.25, 0.3) is 0 Å². The largest absolute Gasteiger partial charge is 0.393 e. The summed E-state index contributed by atoms with van der Waals surface area (Å²) < 4.78 is 0. The van der Waals surface area contributed by atoms with Gasteiger partial charge in [0.2, 0.25) is 0 Å². The molecule has 0 amide bonds. The van der Waals surface area contributed by atoms with Gasteiger partial charge in [0.15, 0.2) is 0 Å². The maximum Gasteiger partial charge on any atom is 0.0743 e. The van der Waals surface area contributed by atoms with Crippen molar-refractivity contribution < 1.29 is 0 Å². The van der Waals surface area contributed by atoms with Gasteiger partial charge < -0.3 is 5.73 Å². The molecule has 2 nitrogen and oxygen atoms in total. The molecule has 0 spiro atoms. The maximum atomic E-state index is 5.68. The van der Waals surface area contributed by atoms with Crippen LogP contribution in [0.25, 0.3) is 0 Å². The number of hydrogen-bond acceptors (Lipinski definition) is 2. The predicted molar refractivity (Wildman–Crippen MR) is 75.9 cm³/mol. The van der Waals surface area contributed by atoms with Crippen LogP contribution in [0.5, 0.6) is 0 Å². The Kier molecular flexibility index (Phi) is 4.51. The van der Waals surface area contributed by atoms with Crippen molar-refractivity contribution in [3.63, 3.8) is 0 Å². The molecule has 1 unspecified atom stereocenters. The third-order valence-electron chi connectivity index (χ3n) is 3.41. The Morgan fingerprint density at radius 3 is 2.76 bits per heavy atom. The second-order valence-corrected chi connectivity index (χ2v) is 5.30. The SMILES string of the molecule is NC(=S)CC1CCCCN1Cc1ccccc1. The molecule has 1 aliphatic rings. The number of rotatable bonds is 4. The number of nitrogens with zero attached hydrogens (tertiary/aromatic N) is 1. The molecule has 1 aromatic carbocycles. The van der Waals surface area contributed by atoms with Crippen LogP contribution in [0.2, 0.25) is 0 Å². The minimum atomic E-state index is 0.543. The van der Waals surface area contributed by atoms with Gasteiger partial charge >= 0.3 is 0 Å². The number of hydrogen-bond donors (Lipinski definition) is 1. The first-order valence-electron chi connectivity index (χ1n) is 6.32.